The van der Waals surface area contributed by atoms with Crippen molar-refractivity contribution in [3.8, 4) is 0 Å². The molecule has 1 heterocycles. The van der Waals surface area contributed by atoms with E-state index in [1.165, 1.54) is 4.90 Å². The Morgan fingerprint density at radius 3 is 2.29 bits per heavy atom. The van der Waals surface area contributed by atoms with Gasteiger partial charge in [0, 0.05) is 27.2 Å². The molecular formula is C12H23N3O2. The molecule has 17 heavy (non-hydrogen) atoms. The van der Waals surface area contributed by atoms with Gasteiger partial charge < -0.3 is 15.1 Å². The average molecular weight is 241 g/mol. The van der Waals surface area contributed by atoms with Crippen LogP contribution in [0.3, 0.4) is 0 Å². The van der Waals surface area contributed by atoms with Gasteiger partial charge in [0.05, 0.1) is 0 Å². The molecule has 1 aliphatic rings. The van der Waals surface area contributed by atoms with Gasteiger partial charge in [0.1, 0.15) is 6.04 Å². The SMILES string of the molecule is CC1CCN(C(=O)NC(C)C(=O)N(C)C)CC1. The highest BCUT2D eigenvalue weighted by Gasteiger charge is 2.23. The van der Waals surface area contributed by atoms with E-state index >= 15 is 0 Å². The first-order valence-electron chi connectivity index (χ1n) is 6.18. The largest absolute Gasteiger partial charge is 0.347 e. The number of nitrogens with one attached hydrogen (secondary N) is 1. The fourth-order valence-corrected chi connectivity index (χ4v) is 1.94. The third kappa shape index (κ3) is 3.91. The van der Waals surface area contributed by atoms with E-state index in [1.807, 2.05) is 0 Å². The molecule has 0 aromatic carbocycles. The van der Waals surface area contributed by atoms with E-state index in [4.69, 9.17) is 0 Å². The van der Waals surface area contributed by atoms with Crippen LogP contribution in [-0.4, -0.2) is 55.0 Å². The number of rotatable bonds is 2. The molecule has 0 bridgehead atoms. The summed E-state index contributed by atoms with van der Waals surface area (Å²) in [4.78, 5) is 26.8. The molecule has 0 aliphatic carbocycles. The molecule has 0 aromatic rings. The lowest BCUT2D eigenvalue weighted by atomic mass is 10.00. The van der Waals surface area contributed by atoms with E-state index in [2.05, 4.69) is 12.2 Å². The molecule has 0 saturated carbocycles. The quantitative estimate of drug-likeness (QED) is 0.781. The van der Waals surface area contributed by atoms with Crippen LogP contribution in [0.25, 0.3) is 0 Å². The van der Waals surface area contributed by atoms with Crippen molar-refractivity contribution >= 4 is 11.9 Å². The topological polar surface area (TPSA) is 52.7 Å². The molecule has 3 amide bonds. The van der Waals surface area contributed by atoms with E-state index in [1.54, 1.807) is 25.9 Å². The Balaban J connectivity index is 2.41. The molecule has 1 atom stereocenters. The minimum Gasteiger partial charge on any atom is -0.347 e. The molecular weight excluding hydrogens is 218 g/mol. The number of urea groups is 1. The van der Waals surface area contributed by atoms with Gasteiger partial charge in [-0.15, -0.1) is 0 Å². The second-order valence-corrected chi connectivity index (χ2v) is 5.07. The number of carbonyl (C=O) groups is 2. The Morgan fingerprint density at radius 2 is 1.82 bits per heavy atom. The highest BCUT2D eigenvalue weighted by molar-refractivity contribution is 5.86. The zero-order valence-electron chi connectivity index (χ0n) is 11.2. The predicted octanol–water partition coefficient (Wildman–Crippen LogP) is 0.905. The van der Waals surface area contributed by atoms with Crippen LogP contribution in [0.2, 0.25) is 0 Å². The summed E-state index contributed by atoms with van der Waals surface area (Å²) in [5.74, 6) is 0.614. The summed E-state index contributed by atoms with van der Waals surface area (Å²) in [6.45, 7) is 5.49. The van der Waals surface area contributed by atoms with Crippen molar-refractivity contribution in [2.24, 2.45) is 5.92 Å². The van der Waals surface area contributed by atoms with Crippen molar-refractivity contribution in [2.45, 2.75) is 32.7 Å². The number of nitrogens with zero attached hydrogens (tertiary/aromatic N) is 2. The Kier molecular flexibility index (Phi) is 4.78. The number of likely N-dealkylation sites (N-methyl/N-ethyl adjacent to an activating group) is 1. The van der Waals surface area contributed by atoms with Gasteiger partial charge in [-0.25, -0.2) is 4.79 Å². The standard InChI is InChI=1S/C12H23N3O2/c1-9-5-7-15(8-6-9)12(17)13-10(2)11(16)14(3)4/h9-10H,5-8H2,1-4H3,(H,13,17). The smallest absolute Gasteiger partial charge is 0.318 e. The lowest BCUT2D eigenvalue weighted by Gasteiger charge is -2.31. The molecule has 1 rings (SSSR count). The molecule has 1 N–H and O–H groups in total. The number of piperidine rings is 1. The summed E-state index contributed by atoms with van der Waals surface area (Å²) in [6, 6.07) is -0.587. The highest BCUT2D eigenvalue weighted by atomic mass is 16.2. The van der Waals surface area contributed by atoms with Gasteiger partial charge in [-0.2, -0.15) is 0 Å². The third-order valence-corrected chi connectivity index (χ3v) is 3.22. The Hall–Kier alpha value is -1.26. The number of carbonyl (C=O) groups excluding carboxylic acids is 2. The zero-order valence-corrected chi connectivity index (χ0v) is 11.2. The van der Waals surface area contributed by atoms with Crippen molar-refractivity contribution < 1.29 is 9.59 Å². The van der Waals surface area contributed by atoms with Gasteiger partial charge in [0.25, 0.3) is 0 Å². The summed E-state index contributed by atoms with van der Waals surface area (Å²) in [6.07, 6.45) is 2.09. The lowest BCUT2D eigenvalue weighted by Crippen LogP contribution is -2.51. The molecule has 5 heteroatoms. The number of hydrogen-bond donors (Lipinski definition) is 1. The molecule has 5 nitrogen and oxygen atoms in total. The van der Waals surface area contributed by atoms with E-state index in [9.17, 15) is 9.59 Å². The summed E-state index contributed by atoms with van der Waals surface area (Å²) in [5.41, 5.74) is 0. The molecule has 0 radical (unpaired) electrons. The minimum atomic E-state index is -0.461. The number of hydrogen-bond acceptors (Lipinski definition) is 2. The maximum absolute atomic E-state index is 11.9. The van der Waals surface area contributed by atoms with Gasteiger partial charge in [0.15, 0.2) is 0 Å². The van der Waals surface area contributed by atoms with Gasteiger partial charge >= 0.3 is 6.03 Å². The van der Waals surface area contributed by atoms with Crippen LogP contribution in [0.4, 0.5) is 4.79 Å². The van der Waals surface area contributed by atoms with Crippen LogP contribution in [0.5, 0.6) is 0 Å². The van der Waals surface area contributed by atoms with Crippen molar-refractivity contribution in [1.29, 1.82) is 0 Å². The van der Waals surface area contributed by atoms with Crippen LogP contribution in [-0.2, 0) is 4.79 Å². The molecule has 1 unspecified atom stereocenters. The fourth-order valence-electron chi connectivity index (χ4n) is 1.94. The van der Waals surface area contributed by atoms with Crippen LogP contribution in [0, 0.1) is 5.92 Å². The van der Waals surface area contributed by atoms with Gasteiger partial charge in [0.2, 0.25) is 5.91 Å². The fraction of sp³-hybridized carbons (Fsp3) is 0.833. The average Bonchev–Trinajstić information content (AvgIpc) is 2.28. The highest BCUT2D eigenvalue weighted by Crippen LogP contribution is 2.15. The first-order chi connectivity index (χ1) is 7.91. The molecule has 1 aliphatic heterocycles. The maximum atomic E-state index is 11.9. The Morgan fingerprint density at radius 1 is 1.29 bits per heavy atom. The normalized spacial score (nSPS) is 18.7. The summed E-state index contributed by atoms with van der Waals surface area (Å²) < 4.78 is 0. The lowest BCUT2D eigenvalue weighted by molar-refractivity contribution is -0.130. The van der Waals surface area contributed by atoms with Crippen molar-refractivity contribution in [3.05, 3.63) is 0 Å². The summed E-state index contributed by atoms with van der Waals surface area (Å²) in [7, 11) is 3.38. The summed E-state index contributed by atoms with van der Waals surface area (Å²) >= 11 is 0. The predicted molar refractivity (Wildman–Crippen MR) is 66.7 cm³/mol. The van der Waals surface area contributed by atoms with Gasteiger partial charge in [-0.1, -0.05) is 6.92 Å². The van der Waals surface area contributed by atoms with Crippen molar-refractivity contribution in [2.75, 3.05) is 27.2 Å². The molecule has 0 aromatic heterocycles. The van der Waals surface area contributed by atoms with Crippen LogP contribution >= 0.6 is 0 Å². The maximum Gasteiger partial charge on any atom is 0.318 e. The van der Waals surface area contributed by atoms with Crippen LogP contribution in [0.1, 0.15) is 26.7 Å². The Bertz CT molecular complexity index is 283. The van der Waals surface area contributed by atoms with Gasteiger partial charge in [-0.05, 0) is 25.7 Å². The zero-order chi connectivity index (χ0) is 13.0. The molecule has 1 fully saturated rings. The second-order valence-electron chi connectivity index (χ2n) is 5.07. The van der Waals surface area contributed by atoms with E-state index in [0.717, 1.165) is 25.9 Å². The van der Waals surface area contributed by atoms with Crippen molar-refractivity contribution in [3.63, 3.8) is 0 Å². The van der Waals surface area contributed by atoms with Gasteiger partial charge in [-0.3, -0.25) is 4.79 Å². The first kappa shape index (κ1) is 13.8. The molecule has 98 valence electrons. The number of amides is 3. The Labute approximate surface area is 103 Å². The van der Waals surface area contributed by atoms with E-state index < -0.39 is 6.04 Å². The van der Waals surface area contributed by atoms with E-state index in [-0.39, 0.29) is 11.9 Å². The third-order valence-electron chi connectivity index (χ3n) is 3.22. The summed E-state index contributed by atoms with van der Waals surface area (Å²) in [5, 5.41) is 2.74. The number of likely N-dealkylation sites (tertiary alicyclic amines) is 1. The second kappa shape index (κ2) is 5.89. The van der Waals surface area contributed by atoms with Crippen LogP contribution < -0.4 is 5.32 Å². The molecule has 0 spiro atoms. The molecule has 1 saturated heterocycles. The van der Waals surface area contributed by atoms with E-state index in [0.29, 0.717) is 5.92 Å². The van der Waals surface area contributed by atoms with Crippen molar-refractivity contribution in [1.82, 2.24) is 15.1 Å². The van der Waals surface area contributed by atoms with Crippen LogP contribution in [0.15, 0.2) is 0 Å². The minimum absolute atomic E-state index is 0.0799. The monoisotopic (exact) mass is 241 g/mol. The first-order valence-corrected chi connectivity index (χ1v) is 6.18.